The Bertz CT molecular complexity index is 874. The third-order valence-electron chi connectivity index (χ3n) is 3.98. The Balaban J connectivity index is 1.60. The number of nitrogens with zero attached hydrogens (tertiary/aromatic N) is 1. The van der Waals surface area contributed by atoms with Crippen LogP contribution >= 0.6 is 11.6 Å². The number of sulfonamides is 1. The van der Waals surface area contributed by atoms with Gasteiger partial charge in [0.1, 0.15) is 6.61 Å². The summed E-state index contributed by atoms with van der Waals surface area (Å²) < 4.78 is 32.5. The van der Waals surface area contributed by atoms with Crippen LogP contribution in [-0.2, 0) is 25.3 Å². The zero-order valence-corrected chi connectivity index (χ0v) is 15.5. The highest BCUT2D eigenvalue weighted by molar-refractivity contribution is 7.88. The topological polar surface area (TPSA) is 75.7 Å². The van der Waals surface area contributed by atoms with Crippen molar-refractivity contribution in [1.29, 1.82) is 0 Å². The van der Waals surface area contributed by atoms with Crippen molar-refractivity contribution in [3.8, 4) is 0 Å². The van der Waals surface area contributed by atoms with Gasteiger partial charge in [0.15, 0.2) is 0 Å². The van der Waals surface area contributed by atoms with Gasteiger partial charge in [0.2, 0.25) is 10.0 Å². The van der Waals surface area contributed by atoms with Gasteiger partial charge in [-0.2, -0.15) is 0 Å². The molecule has 0 bridgehead atoms. The smallest absolute Gasteiger partial charge is 0.253 e. The number of rotatable bonds is 6. The van der Waals surface area contributed by atoms with E-state index in [4.69, 9.17) is 16.3 Å². The maximum Gasteiger partial charge on any atom is 0.253 e. The first-order chi connectivity index (χ1) is 12.4. The molecule has 0 aromatic heterocycles. The molecule has 2 aromatic carbocycles. The van der Waals surface area contributed by atoms with Crippen LogP contribution in [0.5, 0.6) is 0 Å². The lowest BCUT2D eigenvalue weighted by molar-refractivity contribution is -0.129. The van der Waals surface area contributed by atoms with Gasteiger partial charge in [-0.3, -0.25) is 4.79 Å². The van der Waals surface area contributed by atoms with E-state index >= 15 is 0 Å². The van der Waals surface area contributed by atoms with Gasteiger partial charge in [0, 0.05) is 17.3 Å². The first kappa shape index (κ1) is 18.8. The predicted octanol–water partition coefficient (Wildman–Crippen LogP) is 2.19. The van der Waals surface area contributed by atoms with Gasteiger partial charge in [-0.1, -0.05) is 48.0 Å². The van der Waals surface area contributed by atoms with Crippen LogP contribution in [0.15, 0.2) is 54.6 Å². The van der Waals surface area contributed by atoms with Gasteiger partial charge in [-0.15, -0.1) is 0 Å². The van der Waals surface area contributed by atoms with Gasteiger partial charge in [-0.25, -0.2) is 13.1 Å². The predicted molar refractivity (Wildman–Crippen MR) is 101 cm³/mol. The van der Waals surface area contributed by atoms with Crippen molar-refractivity contribution in [3.63, 3.8) is 0 Å². The lowest BCUT2D eigenvalue weighted by Gasteiger charge is -2.33. The quantitative estimate of drug-likeness (QED) is 0.814. The van der Waals surface area contributed by atoms with E-state index in [-0.39, 0.29) is 31.4 Å². The average molecular weight is 395 g/mol. The molecule has 26 heavy (non-hydrogen) atoms. The zero-order valence-electron chi connectivity index (χ0n) is 14.0. The molecule has 8 heteroatoms. The Morgan fingerprint density at radius 2 is 1.92 bits per heavy atom. The number of halogens is 1. The lowest BCUT2D eigenvalue weighted by atomic mass is 10.2. The summed E-state index contributed by atoms with van der Waals surface area (Å²) in [4.78, 5) is 13.7. The minimum absolute atomic E-state index is 0.0967. The van der Waals surface area contributed by atoms with E-state index in [1.54, 1.807) is 53.4 Å². The van der Waals surface area contributed by atoms with E-state index in [1.807, 2.05) is 6.07 Å². The molecule has 0 saturated carbocycles. The molecule has 138 valence electrons. The maximum absolute atomic E-state index is 12.2. The first-order valence-electron chi connectivity index (χ1n) is 8.12. The van der Waals surface area contributed by atoms with Crippen molar-refractivity contribution in [2.24, 2.45) is 0 Å². The molecular weight excluding hydrogens is 376 g/mol. The largest absolute Gasteiger partial charge is 0.365 e. The summed E-state index contributed by atoms with van der Waals surface area (Å²) in [6.45, 7) is 0.254. The Kier molecular flexibility index (Phi) is 5.93. The summed E-state index contributed by atoms with van der Waals surface area (Å²) in [6.07, 6.45) is -0.433. The van der Waals surface area contributed by atoms with Crippen LogP contribution in [0, 0.1) is 0 Å². The molecule has 0 aliphatic carbocycles. The molecule has 6 nitrogen and oxygen atoms in total. The molecule has 1 atom stereocenters. The number of morpholine rings is 1. The summed E-state index contributed by atoms with van der Waals surface area (Å²) in [6, 6.07) is 15.9. The van der Waals surface area contributed by atoms with E-state index in [0.717, 1.165) is 0 Å². The zero-order chi connectivity index (χ0) is 18.6. The summed E-state index contributed by atoms with van der Waals surface area (Å²) in [5.74, 6) is -0.284. The summed E-state index contributed by atoms with van der Waals surface area (Å²) in [5.41, 5.74) is 1.38. The van der Waals surface area contributed by atoms with Gasteiger partial charge < -0.3 is 9.64 Å². The van der Waals surface area contributed by atoms with Crippen molar-refractivity contribution < 1.29 is 17.9 Å². The number of nitrogens with one attached hydrogen (secondary N) is 1. The molecule has 2 aromatic rings. The number of carbonyl (C=O) groups excluding carboxylic acids is 1. The van der Waals surface area contributed by atoms with Crippen LogP contribution in [0.25, 0.3) is 0 Å². The van der Waals surface area contributed by atoms with Crippen molar-refractivity contribution in [2.45, 2.75) is 11.9 Å². The van der Waals surface area contributed by atoms with E-state index < -0.39 is 16.1 Å². The highest BCUT2D eigenvalue weighted by Gasteiger charge is 2.28. The third kappa shape index (κ3) is 5.04. The number of carbonyl (C=O) groups is 1. The Labute approximate surface area is 157 Å². The Morgan fingerprint density at radius 1 is 1.15 bits per heavy atom. The van der Waals surface area contributed by atoms with E-state index in [1.165, 1.54) is 0 Å². The van der Waals surface area contributed by atoms with Gasteiger partial charge in [0.25, 0.3) is 5.91 Å². The number of ether oxygens (including phenoxy) is 1. The minimum Gasteiger partial charge on any atom is -0.365 e. The van der Waals surface area contributed by atoms with Crippen LogP contribution < -0.4 is 9.62 Å². The second kappa shape index (κ2) is 8.18. The van der Waals surface area contributed by atoms with Gasteiger partial charge >= 0.3 is 0 Å². The Morgan fingerprint density at radius 3 is 2.65 bits per heavy atom. The van der Waals surface area contributed by atoms with E-state index in [2.05, 4.69) is 4.72 Å². The second-order valence-electron chi connectivity index (χ2n) is 6.01. The fourth-order valence-corrected chi connectivity index (χ4v) is 4.06. The van der Waals surface area contributed by atoms with Crippen LogP contribution in [0.4, 0.5) is 5.69 Å². The summed E-state index contributed by atoms with van der Waals surface area (Å²) in [5, 5.41) is 0.530. The average Bonchev–Trinajstić information content (AvgIpc) is 2.61. The number of anilines is 1. The number of hydrogen-bond donors (Lipinski definition) is 1. The van der Waals surface area contributed by atoms with Crippen molar-refractivity contribution in [3.05, 3.63) is 65.2 Å². The monoisotopic (exact) mass is 394 g/mol. The molecule has 1 amide bonds. The molecule has 1 N–H and O–H groups in total. The van der Waals surface area contributed by atoms with Crippen LogP contribution in [0.2, 0.25) is 5.02 Å². The van der Waals surface area contributed by atoms with Crippen molar-refractivity contribution in [2.75, 3.05) is 24.6 Å². The van der Waals surface area contributed by atoms with Crippen LogP contribution in [0.3, 0.4) is 0 Å². The standard InChI is InChI=1S/C18H19ClN2O4S/c19-15-7-4-8-16(9-15)21-11-17(25-12-18(21)22)10-20-26(23,24)13-14-5-2-1-3-6-14/h1-9,17,20H,10-13H2. The Hall–Kier alpha value is -1.93. The summed E-state index contributed by atoms with van der Waals surface area (Å²) in [7, 11) is -3.49. The highest BCUT2D eigenvalue weighted by atomic mass is 35.5. The molecule has 0 spiro atoms. The fraction of sp³-hybridized carbons (Fsp3) is 0.278. The normalized spacial score (nSPS) is 18.1. The molecule has 1 unspecified atom stereocenters. The fourth-order valence-electron chi connectivity index (χ4n) is 2.71. The highest BCUT2D eigenvalue weighted by Crippen LogP contribution is 2.22. The molecule has 1 saturated heterocycles. The van der Waals surface area contributed by atoms with Crippen LogP contribution in [0.1, 0.15) is 5.56 Å². The van der Waals surface area contributed by atoms with E-state index in [9.17, 15) is 13.2 Å². The molecular formula is C18H19ClN2O4S. The van der Waals surface area contributed by atoms with Crippen molar-refractivity contribution in [1.82, 2.24) is 4.72 Å². The number of benzene rings is 2. The first-order valence-corrected chi connectivity index (χ1v) is 10.1. The maximum atomic E-state index is 12.2. The summed E-state index contributed by atoms with van der Waals surface area (Å²) >= 11 is 5.99. The van der Waals surface area contributed by atoms with E-state index in [0.29, 0.717) is 16.3 Å². The van der Waals surface area contributed by atoms with Gasteiger partial charge in [-0.05, 0) is 23.8 Å². The molecule has 1 fully saturated rings. The van der Waals surface area contributed by atoms with Gasteiger partial charge in [0.05, 0.1) is 18.4 Å². The van der Waals surface area contributed by atoms with Crippen molar-refractivity contribution >= 4 is 33.2 Å². The number of hydrogen-bond acceptors (Lipinski definition) is 4. The molecule has 1 aliphatic heterocycles. The second-order valence-corrected chi connectivity index (χ2v) is 8.25. The SMILES string of the molecule is O=C1COC(CNS(=O)(=O)Cc2ccccc2)CN1c1cccc(Cl)c1. The van der Waals surface area contributed by atoms with Crippen LogP contribution in [-0.4, -0.2) is 40.1 Å². The third-order valence-corrected chi connectivity index (χ3v) is 5.54. The molecule has 0 radical (unpaired) electrons. The number of amides is 1. The molecule has 3 rings (SSSR count). The minimum atomic E-state index is -3.49. The molecule has 1 heterocycles. The molecule has 1 aliphatic rings. The lowest BCUT2D eigenvalue weighted by Crippen LogP contribution is -2.50.